The van der Waals surface area contributed by atoms with Crippen LogP contribution in [-0.4, -0.2) is 479 Å². The Bertz CT molecular complexity index is 3240. The third-order valence-corrected chi connectivity index (χ3v) is 20.6. The van der Waals surface area contributed by atoms with Crippen molar-refractivity contribution in [1.29, 1.82) is 0 Å². The number of carbonyl (C=O) groups excluding carboxylic acids is 5. The molecule has 0 aromatic carbocycles. The number of carbonyl (C=O) groups is 7. The van der Waals surface area contributed by atoms with Crippen LogP contribution in [0.1, 0.15) is 47.5 Å². The first kappa shape index (κ1) is 96.2. The molecule has 0 aliphatic carbocycles. The number of ether oxygens (including phenoxy) is 15. The molecule has 0 aromatic rings. The molecule has 8 heterocycles. The van der Waals surface area contributed by atoms with Crippen LogP contribution in [0.15, 0.2) is 0 Å². The highest BCUT2D eigenvalue weighted by Gasteiger charge is 2.64. The molecule has 8 rings (SSSR count). The summed E-state index contributed by atoms with van der Waals surface area (Å²) in [7, 11) is 0. The number of carboxylic acids is 2. The number of aliphatic hydroxyl groups excluding tert-OH is 23. The lowest BCUT2D eigenvalue weighted by atomic mass is 9.88. The second-order valence-electron chi connectivity index (χ2n) is 28.9. The fourth-order valence-corrected chi connectivity index (χ4v) is 14.8. The van der Waals surface area contributed by atoms with E-state index in [4.69, 9.17) is 71.1 Å². The van der Waals surface area contributed by atoms with Crippen LogP contribution < -0.4 is 26.6 Å². The molecule has 8 saturated heterocycles. The van der Waals surface area contributed by atoms with Gasteiger partial charge in [-0.3, -0.25) is 24.0 Å². The molecule has 0 unspecified atom stereocenters. The van der Waals surface area contributed by atoms with Gasteiger partial charge >= 0.3 is 11.9 Å². The van der Waals surface area contributed by atoms with Crippen molar-refractivity contribution in [2.75, 3.05) is 52.9 Å². The van der Waals surface area contributed by atoms with Crippen LogP contribution in [0.4, 0.5) is 0 Å². The Kier molecular flexibility index (Phi) is 34.1. The van der Waals surface area contributed by atoms with Crippen LogP contribution in [0, 0.1) is 0 Å². The van der Waals surface area contributed by atoms with Crippen molar-refractivity contribution in [3.8, 4) is 0 Å². The van der Waals surface area contributed by atoms with Gasteiger partial charge in [-0.25, -0.2) is 9.59 Å². The second kappa shape index (κ2) is 41.1. The molecule has 42 atom stereocenters. The molecular formula is C64H105N5O47. The van der Waals surface area contributed by atoms with Gasteiger partial charge in [0.1, 0.15) is 183 Å². The van der Waals surface area contributed by atoms with E-state index in [1.165, 1.54) is 0 Å². The molecule has 52 nitrogen and oxygen atoms in total. The minimum absolute atomic E-state index is 0.859. The summed E-state index contributed by atoms with van der Waals surface area (Å²) in [5.41, 5.74) is 0. The predicted molar refractivity (Wildman–Crippen MR) is 357 cm³/mol. The molecule has 8 aliphatic rings. The maximum atomic E-state index is 13.2. The van der Waals surface area contributed by atoms with E-state index in [2.05, 4.69) is 26.6 Å². The summed E-state index contributed by atoms with van der Waals surface area (Å²) in [6.45, 7) is -4.91. The molecule has 0 saturated carbocycles. The van der Waals surface area contributed by atoms with E-state index in [9.17, 15) is 161 Å². The fraction of sp³-hybridized carbons (Fsp3) is 0.891. The van der Waals surface area contributed by atoms with Gasteiger partial charge < -0.3 is 225 Å². The van der Waals surface area contributed by atoms with Crippen LogP contribution in [-0.2, 0) is 105 Å². The van der Waals surface area contributed by atoms with Gasteiger partial charge in [0.2, 0.25) is 29.5 Å². The maximum absolute atomic E-state index is 13.2. The van der Waals surface area contributed by atoms with Gasteiger partial charge in [-0.1, -0.05) is 0 Å². The molecular weight excluding hydrogens is 1590 g/mol. The van der Waals surface area contributed by atoms with E-state index in [1.807, 2.05) is 0 Å². The lowest BCUT2D eigenvalue weighted by Crippen LogP contribution is -2.71. The molecule has 8 aliphatic heterocycles. The quantitative estimate of drug-likeness (QED) is 0.0290. The highest BCUT2D eigenvalue weighted by molar-refractivity contribution is 5.78. The molecule has 52 heteroatoms. The van der Waals surface area contributed by atoms with Gasteiger partial charge in [0.05, 0.1) is 77.1 Å². The number of hydrogen-bond acceptors (Lipinski definition) is 45. The number of aliphatic carboxylic acids is 2. The van der Waals surface area contributed by atoms with Gasteiger partial charge in [0.15, 0.2) is 37.7 Å². The number of hydrogen-bond donors (Lipinski definition) is 30. The SMILES string of the molecule is CC(=O)N[C@@H]1[C@@H](O)[C@H](O[C@@H]2O[C@H](CO[C@@H]3O[C@H](CO)[C@@H](O[C@@H]4O[C@H](CO)[C@H](O)[C@H](O[C@]5(C(=O)O)C[C@H](O)[C@@H](NC(C)=O)[C@H]([C@H](O)[C@H](O)CO)O5)[C@H]4O)[C@H](O)[C@H]3NC(C)=O)[C@H](O)[C@H](O[C@@H]3O[C@H](CO)[C@@H](O[C@@H]4O[C@H](CO)[C@H](O)[C@H](O[C@]5(C(=O)O)C[C@H](O)[C@@H](NC(C)=O)[C@H]([C@H](O)[C@H](O)CO)O5)[C@H]4O)[C@H](O)[C@H]3NC(C)=O)[C@H]2O)[C@@H](CO)O[C@H]1O. The van der Waals surface area contributed by atoms with Crippen molar-refractivity contribution in [2.24, 2.45) is 0 Å². The summed E-state index contributed by atoms with van der Waals surface area (Å²) < 4.78 is 87.7. The Morgan fingerprint density at radius 3 is 1.00 bits per heavy atom. The smallest absolute Gasteiger partial charge is 0.364 e. The zero-order valence-electron chi connectivity index (χ0n) is 62.3. The molecule has 0 bridgehead atoms. The summed E-state index contributed by atoms with van der Waals surface area (Å²) in [5.74, 6) is -15.5. The average Bonchev–Trinajstić information content (AvgIpc) is 0.757. The Balaban J connectivity index is 1.07. The molecule has 0 aromatic heterocycles. The van der Waals surface area contributed by atoms with Crippen LogP contribution in [0.2, 0.25) is 0 Å². The van der Waals surface area contributed by atoms with Gasteiger partial charge in [0, 0.05) is 47.5 Å². The largest absolute Gasteiger partial charge is 0.477 e. The van der Waals surface area contributed by atoms with Crippen molar-refractivity contribution < 1.29 is 232 Å². The first-order valence-electron chi connectivity index (χ1n) is 36.4. The van der Waals surface area contributed by atoms with Crippen LogP contribution in [0.5, 0.6) is 0 Å². The summed E-state index contributed by atoms with van der Waals surface area (Å²) in [4.78, 5) is 89.3. The van der Waals surface area contributed by atoms with E-state index >= 15 is 0 Å². The molecule has 5 amide bonds. The predicted octanol–water partition coefficient (Wildman–Crippen LogP) is -19.3. The van der Waals surface area contributed by atoms with Crippen molar-refractivity contribution >= 4 is 41.5 Å². The zero-order chi connectivity index (χ0) is 86.3. The highest BCUT2D eigenvalue weighted by atomic mass is 16.8. The van der Waals surface area contributed by atoms with Gasteiger partial charge in [-0.2, -0.15) is 0 Å². The summed E-state index contributed by atoms with van der Waals surface area (Å²) in [6, 6.07) is -9.30. The monoisotopic (exact) mass is 1700 g/mol. The standard InChI is InChI=1S/C64H105N5O47/c1-16(77)65-31-21(82)6-63(61(98)99,113-50(31)36(86)23(84)8-70)115-53-38(88)25(10-72)104-59(45(53)95)110-48-28(13-75)106-56(34(42(48)92)68-19(4)80)102-15-30-40(90)52(44(94)58(108-30)109-47-27(12-74)103-55(97)33(41(47)91)67-18(3)79)112-57-35(69-20(5)81)43(93)49(29(14-76)107-57)111-60-46(96)54(39(89)26(11-73)105-60)116-64(62(100)101)7-22(83)32(66-17(2)78)51(114-64)37(87)24(85)9-71/h21-60,70-76,82-97H,6-15H2,1-5H3,(H,65,77)(H,66,78)(H,67,79)(H,68,80)(H,69,81)(H,98,99)(H,100,101)/t21-,22-,23+,24+,25+,26+,27+,28+,29+,30+,31+,32+,33+,34+,35+,36+,37+,38-,39-,40-,41+,42+,43+,44+,45+,46+,47+,48+,49+,50+,51+,52-,53-,54-,55+,56+,57-,58-,59-,60-,63-,64-/m0/s1. The van der Waals surface area contributed by atoms with Gasteiger partial charge in [-0.05, 0) is 0 Å². The van der Waals surface area contributed by atoms with Gasteiger partial charge in [-0.15, -0.1) is 0 Å². The molecule has 30 N–H and O–H groups in total. The van der Waals surface area contributed by atoms with Crippen LogP contribution in [0.3, 0.4) is 0 Å². The summed E-state index contributed by atoms with van der Waals surface area (Å²) in [5, 5.41) is 289. The van der Waals surface area contributed by atoms with Gasteiger partial charge in [0.25, 0.3) is 11.6 Å². The summed E-state index contributed by atoms with van der Waals surface area (Å²) >= 11 is 0. The molecule has 8 fully saturated rings. The normalized spacial score (nSPS) is 44.6. The topological polar surface area (TPSA) is 824 Å². The van der Waals surface area contributed by atoms with E-state index < -0.39 is 364 Å². The van der Waals surface area contributed by atoms with Crippen LogP contribution in [0.25, 0.3) is 0 Å². The highest BCUT2D eigenvalue weighted by Crippen LogP contribution is 2.43. The number of rotatable bonds is 33. The fourth-order valence-electron chi connectivity index (χ4n) is 14.8. The first-order chi connectivity index (χ1) is 54.5. The Hall–Kier alpha value is -5.23. The lowest BCUT2D eigenvalue weighted by molar-refractivity contribution is -0.391. The Morgan fingerprint density at radius 1 is 0.353 bits per heavy atom. The van der Waals surface area contributed by atoms with Crippen LogP contribution >= 0.6 is 0 Å². The second-order valence-corrected chi connectivity index (χ2v) is 28.9. The number of nitrogens with one attached hydrogen (secondary N) is 5. The van der Waals surface area contributed by atoms with E-state index in [-0.39, 0.29) is 0 Å². The molecule has 116 heavy (non-hydrogen) atoms. The molecule has 0 radical (unpaired) electrons. The summed E-state index contributed by atoms with van der Waals surface area (Å²) in [6.07, 6.45) is -79.8. The Labute approximate surface area is 655 Å². The maximum Gasteiger partial charge on any atom is 0.364 e. The van der Waals surface area contributed by atoms with Crippen molar-refractivity contribution in [3.05, 3.63) is 0 Å². The van der Waals surface area contributed by atoms with E-state index in [0.717, 1.165) is 34.6 Å². The number of amides is 5. The van der Waals surface area contributed by atoms with E-state index in [0.29, 0.717) is 0 Å². The lowest BCUT2D eigenvalue weighted by Gasteiger charge is -2.51. The minimum atomic E-state index is -3.30. The third kappa shape index (κ3) is 21.3. The first-order valence-corrected chi connectivity index (χ1v) is 36.4. The minimum Gasteiger partial charge on any atom is -0.477 e. The average molecular weight is 1700 g/mol. The zero-order valence-corrected chi connectivity index (χ0v) is 62.3. The number of aliphatic hydroxyl groups is 23. The van der Waals surface area contributed by atoms with Crippen molar-refractivity contribution in [1.82, 2.24) is 26.6 Å². The van der Waals surface area contributed by atoms with E-state index in [1.54, 1.807) is 0 Å². The molecule has 0 spiro atoms. The number of carboxylic acid groups (broad SMARTS) is 2. The Morgan fingerprint density at radius 2 is 0.647 bits per heavy atom. The van der Waals surface area contributed by atoms with Crippen molar-refractivity contribution in [3.63, 3.8) is 0 Å². The molecule has 668 valence electrons. The van der Waals surface area contributed by atoms with Crippen molar-refractivity contribution in [2.45, 2.75) is 304 Å². The third-order valence-electron chi connectivity index (χ3n) is 20.6.